The number of hydrogen-bond acceptors (Lipinski definition) is 6. The molecule has 0 bridgehead atoms. The predicted molar refractivity (Wildman–Crippen MR) is 141 cm³/mol. The predicted octanol–water partition coefficient (Wildman–Crippen LogP) is 3.08. The highest BCUT2D eigenvalue weighted by molar-refractivity contribution is 5.97. The van der Waals surface area contributed by atoms with E-state index in [0.717, 1.165) is 11.3 Å². The fraction of sp³-hybridized carbons (Fsp3) is 0.741. The topological polar surface area (TPSA) is 84.3 Å². The van der Waals surface area contributed by atoms with E-state index in [0.29, 0.717) is 38.7 Å². The third kappa shape index (κ3) is 6.29. The van der Waals surface area contributed by atoms with E-state index in [1.807, 2.05) is 38.8 Å². The van der Waals surface area contributed by atoms with Gasteiger partial charge in [-0.3, -0.25) is 14.5 Å². The van der Waals surface area contributed by atoms with Gasteiger partial charge in [0, 0.05) is 57.0 Å². The van der Waals surface area contributed by atoms with Crippen molar-refractivity contribution >= 4 is 17.7 Å². The van der Waals surface area contributed by atoms with E-state index in [1.54, 1.807) is 22.6 Å². The normalized spacial score (nSPS) is 22.2. The Hall–Kier alpha value is -2.39. The van der Waals surface area contributed by atoms with Crippen LogP contribution in [0, 0.1) is 5.92 Å². The Balaban J connectivity index is 1.81. The van der Waals surface area contributed by atoms with E-state index in [1.165, 1.54) is 0 Å². The van der Waals surface area contributed by atoms with Crippen molar-refractivity contribution in [2.45, 2.75) is 85.0 Å². The summed E-state index contributed by atoms with van der Waals surface area (Å²) in [7, 11) is 1.63. The first-order valence-electron chi connectivity index (χ1n) is 12.9. The lowest BCUT2D eigenvalue weighted by Crippen LogP contribution is -2.62. The van der Waals surface area contributed by atoms with Crippen molar-refractivity contribution in [3.8, 4) is 0 Å². The van der Waals surface area contributed by atoms with Crippen molar-refractivity contribution in [2.75, 3.05) is 44.8 Å². The largest absolute Gasteiger partial charge is 0.444 e. The van der Waals surface area contributed by atoms with Gasteiger partial charge in [0.05, 0.1) is 24.9 Å². The maximum Gasteiger partial charge on any atom is 0.410 e. The van der Waals surface area contributed by atoms with Crippen LogP contribution >= 0.6 is 0 Å². The summed E-state index contributed by atoms with van der Waals surface area (Å²) in [6, 6.07) is 1.45. The smallest absolute Gasteiger partial charge is 0.410 e. The van der Waals surface area contributed by atoms with Gasteiger partial charge in [0.15, 0.2) is 0 Å². The molecule has 9 nitrogen and oxygen atoms in total. The second kappa shape index (κ2) is 10.5. The minimum atomic E-state index is -0.576. The molecule has 1 fully saturated rings. The number of carbonyl (C=O) groups is 2. The molecular weight excluding hydrogens is 460 g/mol. The summed E-state index contributed by atoms with van der Waals surface area (Å²) in [5.41, 5.74) is 0.811. The highest BCUT2D eigenvalue weighted by atomic mass is 16.6. The number of carbonyl (C=O) groups excluding carboxylic acids is 2. The Labute approximate surface area is 215 Å². The zero-order valence-electron chi connectivity index (χ0n) is 23.5. The molecule has 0 aliphatic carbocycles. The maximum absolute atomic E-state index is 13.7. The van der Waals surface area contributed by atoms with Crippen LogP contribution in [0.4, 0.5) is 10.5 Å². The van der Waals surface area contributed by atoms with E-state index < -0.39 is 5.60 Å². The van der Waals surface area contributed by atoms with Crippen LogP contribution in [-0.4, -0.2) is 83.9 Å². The van der Waals surface area contributed by atoms with Crippen LogP contribution in [0.1, 0.15) is 61.0 Å². The molecule has 1 aromatic rings. The molecule has 9 heteroatoms. The number of anilines is 1. The first-order valence-corrected chi connectivity index (χ1v) is 12.9. The maximum atomic E-state index is 13.7. The standard InChI is InChI=1S/C27H44N4O5/c1-18(2)11-29-14-22-21(10-23(29)32)27(7,8)17-31(22)24(33)15-28-12-19(3)30(13-20(28)16-35-9)25(34)36-26(4,5)6/h10,14,18-20H,11-13,15-17H2,1-9H3/t19-,20-/m1/s1. The van der Waals surface area contributed by atoms with Crippen molar-refractivity contribution in [3.05, 3.63) is 28.2 Å². The van der Waals surface area contributed by atoms with Crippen LogP contribution in [0.5, 0.6) is 0 Å². The molecule has 3 heterocycles. The van der Waals surface area contributed by atoms with Crippen LogP contribution < -0.4 is 10.5 Å². The molecule has 0 radical (unpaired) electrons. The SMILES string of the molecule is COC[C@H]1CN(C(=O)OC(C)(C)C)[C@H](C)CN1CC(=O)N1CC(C)(C)c2cc(=O)n(CC(C)C)cc21. The number of fused-ring (bicyclic) bond motifs is 1. The number of methoxy groups -OCH3 is 1. The Morgan fingerprint density at radius 2 is 1.86 bits per heavy atom. The first-order chi connectivity index (χ1) is 16.6. The highest BCUT2D eigenvalue weighted by Gasteiger charge is 2.41. The average Bonchev–Trinajstić information content (AvgIpc) is 2.98. The molecule has 0 aromatic carbocycles. The summed E-state index contributed by atoms with van der Waals surface area (Å²) >= 11 is 0. The van der Waals surface area contributed by atoms with Crippen molar-refractivity contribution < 1.29 is 19.1 Å². The summed E-state index contributed by atoms with van der Waals surface area (Å²) in [6.07, 6.45) is 1.50. The number of aromatic nitrogens is 1. The van der Waals surface area contributed by atoms with Crippen molar-refractivity contribution in [3.63, 3.8) is 0 Å². The summed E-state index contributed by atoms with van der Waals surface area (Å²) < 4.78 is 12.8. The van der Waals surface area contributed by atoms with Gasteiger partial charge in [0.2, 0.25) is 5.91 Å². The molecule has 2 aliphatic rings. The van der Waals surface area contributed by atoms with Gasteiger partial charge in [-0.25, -0.2) is 4.79 Å². The monoisotopic (exact) mass is 504 g/mol. The number of nitrogens with zero attached hydrogens (tertiary/aromatic N) is 4. The fourth-order valence-corrected chi connectivity index (χ4v) is 5.13. The second-order valence-electron chi connectivity index (χ2n) is 12.3. The molecule has 0 unspecified atom stereocenters. The van der Waals surface area contributed by atoms with Gasteiger partial charge in [-0.15, -0.1) is 0 Å². The molecule has 3 rings (SSSR count). The number of rotatable bonds is 6. The Kier molecular flexibility index (Phi) is 8.25. The number of hydrogen-bond donors (Lipinski definition) is 0. The average molecular weight is 505 g/mol. The van der Waals surface area contributed by atoms with Gasteiger partial charge in [-0.2, -0.15) is 0 Å². The molecule has 2 atom stereocenters. The summed E-state index contributed by atoms with van der Waals surface area (Å²) in [4.78, 5) is 44.9. The molecular formula is C27H44N4O5. The van der Waals surface area contributed by atoms with Crippen LogP contribution in [0.15, 0.2) is 17.1 Å². The van der Waals surface area contributed by atoms with Crippen LogP contribution in [0.2, 0.25) is 0 Å². The lowest BCUT2D eigenvalue weighted by atomic mass is 9.87. The number of pyridine rings is 1. The van der Waals surface area contributed by atoms with Crippen LogP contribution in [0.25, 0.3) is 0 Å². The first kappa shape index (κ1) is 28.2. The fourth-order valence-electron chi connectivity index (χ4n) is 5.13. The number of amides is 2. The van der Waals surface area contributed by atoms with E-state index in [-0.39, 0.29) is 41.6 Å². The quantitative estimate of drug-likeness (QED) is 0.592. The van der Waals surface area contributed by atoms with Gasteiger partial charge in [-0.05, 0) is 39.2 Å². The van der Waals surface area contributed by atoms with Gasteiger partial charge in [0.25, 0.3) is 5.56 Å². The van der Waals surface area contributed by atoms with Crippen molar-refractivity contribution in [1.82, 2.24) is 14.4 Å². The number of ether oxygens (including phenoxy) is 2. The summed E-state index contributed by atoms with van der Waals surface area (Å²) in [5.74, 6) is 0.299. The lowest BCUT2D eigenvalue weighted by Gasteiger charge is -2.45. The molecule has 2 aliphatic heterocycles. The zero-order valence-corrected chi connectivity index (χ0v) is 23.5. The van der Waals surface area contributed by atoms with E-state index >= 15 is 0 Å². The summed E-state index contributed by atoms with van der Waals surface area (Å²) in [6.45, 7) is 18.5. The Morgan fingerprint density at radius 1 is 1.19 bits per heavy atom. The minimum Gasteiger partial charge on any atom is -0.444 e. The zero-order chi connectivity index (χ0) is 27.0. The molecule has 0 spiro atoms. The minimum absolute atomic E-state index is 0.0180. The molecule has 0 saturated carbocycles. The van der Waals surface area contributed by atoms with E-state index in [4.69, 9.17) is 9.47 Å². The van der Waals surface area contributed by atoms with Gasteiger partial charge in [-0.1, -0.05) is 27.7 Å². The van der Waals surface area contributed by atoms with Gasteiger partial charge < -0.3 is 23.8 Å². The third-order valence-corrected chi connectivity index (χ3v) is 6.82. The van der Waals surface area contributed by atoms with E-state index in [2.05, 4.69) is 32.6 Å². The molecule has 2 amide bonds. The van der Waals surface area contributed by atoms with Crippen LogP contribution in [-0.2, 0) is 26.2 Å². The molecule has 36 heavy (non-hydrogen) atoms. The van der Waals surface area contributed by atoms with E-state index in [9.17, 15) is 14.4 Å². The Morgan fingerprint density at radius 3 is 2.44 bits per heavy atom. The molecule has 0 N–H and O–H groups in total. The second-order valence-corrected chi connectivity index (χ2v) is 12.3. The summed E-state index contributed by atoms with van der Waals surface area (Å²) in [5, 5.41) is 0. The number of piperazine rings is 1. The van der Waals surface area contributed by atoms with Crippen molar-refractivity contribution in [2.24, 2.45) is 5.92 Å². The molecule has 202 valence electrons. The van der Waals surface area contributed by atoms with Gasteiger partial charge >= 0.3 is 6.09 Å². The van der Waals surface area contributed by atoms with Crippen molar-refractivity contribution in [1.29, 1.82) is 0 Å². The molecule has 1 saturated heterocycles. The van der Waals surface area contributed by atoms with Crippen LogP contribution in [0.3, 0.4) is 0 Å². The third-order valence-electron chi connectivity index (χ3n) is 6.82. The highest BCUT2D eigenvalue weighted by Crippen LogP contribution is 2.39. The molecule has 1 aromatic heterocycles. The lowest BCUT2D eigenvalue weighted by molar-refractivity contribution is -0.121. The Bertz CT molecular complexity index is 1030. The van der Waals surface area contributed by atoms with Gasteiger partial charge in [0.1, 0.15) is 5.60 Å².